The normalized spacial score (nSPS) is 21.4. The van der Waals surface area contributed by atoms with Crippen LogP contribution in [0.4, 0.5) is 4.79 Å². The van der Waals surface area contributed by atoms with Gasteiger partial charge < -0.3 is 14.7 Å². The zero-order valence-electron chi connectivity index (χ0n) is 14.9. The summed E-state index contributed by atoms with van der Waals surface area (Å²) < 4.78 is 34.7. The molecule has 1 saturated heterocycles. The predicted octanol–water partition coefficient (Wildman–Crippen LogP) is 1.93. The highest BCUT2D eigenvalue weighted by molar-refractivity contribution is 7.86. The molecule has 1 fully saturated rings. The molecular formula is C17H25NO6S. The van der Waals surface area contributed by atoms with Gasteiger partial charge in [0.2, 0.25) is 0 Å². The van der Waals surface area contributed by atoms with E-state index in [1.165, 1.54) is 17.0 Å². The lowest BCUT2D eigenvalue weighted by molar-refractivity contribution is 0.0269. The minimum absolute atomic E-state index is 0.0644. The molecule has 1 aliphatic rings. The van der Waals surface area contributed by atoms with Crippen molar-refractivity contribution >= 4 is 16.2 Å². The number of carbonyl (C=O) groups is 1. The summed E-state index contributed by atoms with van der Waals surface area (Å²) in [7, 11) is -3.90. The molecule has 140 valence electrons. The molecule has 1 amide bonds. The second-order valence-corrected chi connectivity index (χ2v) is 8.88. The minimum Gasteiger partial charge on any atom is -0.444 e. The van der Waals surface area contributed by atoms with Crippen molar-refractivity contribution in [2.45, 2.75) is 44.3 Å². The number of benzene rings is 1. The van der Waals surface area contributed by atoms with E-state index in [0.717, 1.165) is 5.56 Å². The highest BCUT2D eigenvalue weighted by Gasteiger charge is 2.37. The van der Waals surface area contributed by atoms with Crippen LogP contribution >= 0.6 is 0 Å². The third-order valence-corrected chi connectivity index (χ3v) is 5.10. The van der Waals surface area contributed by atoms with E-state index in [1.54, 1.807) is 32.9 Å². The van der Waals surface area contributed by atoms with E-state index in [1.807, 2.05) is 6.92 Å². The molecule has 1 aliphatic heterocycles. The molecular weight excluding hydrogens is 346 g/mol. The molecule has 2 atom stereocenters. The Kier molecular flexibility index (Phi) is 5.75. The Bertz CT molecular complexity index is 708. The van der Waals surface area contributed by atoms with Gasteiger partial charge in [-0.25, -0.2) is 4.79 Å². The van der Waals surface area contributed by atoms with Crippen LogP contribution in [-0.4, -0.2) is 55.9 Å². The van der Waals surface area contributed by atoms with Crippen LogP contribution in [0.3, 0.4) is 0 Å². The fraction of sp³-hybridized carbons (Fsp3) is 0.588. The summed E-state index contributed by atoms with van der Waals surface area (Å²) in [6, 6.07) is 6.32. The number of aryl methyl sites for hydroxylation is 1. The summed E-state index contributed by atoms with van der Waals surface area (Å²) in [6.07, 6.45) is -1.39. The molecule has 0 aromatic heterocycles. The van der Waals surface area contributed by atoms with Crippen LogP contribution in [0.2, 0.25) is 0 Å². The molecule has 0 unspecified atom stereocenters. The number of aliphatic hydroxyl groups is 1. The van der Waals surface area contributed by atoms with Crippen LogP contribution in [0.15, 0.2) is 29.2 Å². The van der Waals surface area contributed by atoms with Crippen molar-refractivity contribution in [1.29, 1.82) is 0 Å². The maximum Gasteiger partial charge on any atom is 0.410 e. The van der Waals surface area contributed by atoms with Crippen LogP contribution in [-0.2, 0) is 19.0 Å². The zero-order valence-corrected chi connectivity index (χ0v) is 15.7. The number of rotatable bonds is 4. The molecule has 0 bridgehead atoms. The summed E-state index contributed by atoms with van der Waals surface area (Å²) in [5.74, 6) is -0.493. The summed E-state index contributed by atoms with van der Waals surface area (Å²) in [6.45, 7) is 7.20. The largest absolute Gasteiger partial charge is 0.444 e. The Morgan fingerprint density at radius 3 is 2.40 bits per heavy atom. The molecule has 25 heavy (non-hydrogen) atoms. The summed E-state index contributed by atoms with van der Waals surface area (Å²) >= 11 is 0. The van der Waals surface area contributed by atoms with Crippen molar-refractivity contribution in [3.8, 4) is 0 Å². The van der Waals surface area contributed by atoms with Gasteiger partial charge in [-0.2, -0.15) is 8.42 Å². The van der Waals surface area contributed by atoms with Gasteiger partial charge in [0.15, 0.2) is 0 Å². The van der Waals surface area contributed by atoms with Gasteiger partial charge in [-0.3, -0.25) is 4.18 Å². The first-order valence-corrected chi connectivity index (χ1v) is 9.51. The molecule has 1 aromatic carbocycles. The van der Waals surface area contributed by atoms with Crippen molar-refractivity contribution < 1.29 is 27.2 Å². The summed E-state index contributed by atoms with van der Waals surface area (Å²) in [4.78, 5) is 13.5. The molecule has 0 radical (unpaired) electrons. The maximum atomic E-state index is 12.2. The highest BCUT2D eigenvalue weighted by Crippen LogP contribution is 2.22. The van der Waals surface area contributed by atoms with Crippen LogP contribution in [0.5, 0.6) is 0 Å². The van der Waals surface area contributed by atoms with Crippen molar-refractivity contribution in [2.75, 3.05) is 19.7 Å². The van der Waals surface area contributed by atoms with E-state index < -0.39 is 33.8 Å². The van der Waals surface area contributed by atoms with Gasteiger partial charge in [-0.1, -0.05) is 17.7 Å². The Balaban J connectivity index is 1.95. The van der Waals surface area contributed by atoms with Gasteiger partial charge in [-0.05, 0) is 39.8 Å². The van der Waals surface area contributed by atoms with Gasteiger partial charge in [0, 0.05) is 12.5 Å². The first-order valence-electron chi connectivity index (χ1n) is 8.10. The lowest BCUT2D eigenvalue weighted by Gasteiger charge is -2.24. The van der Waals surface area contributed by atoms with E-state index in [2.05, 4.69) is 0 Å². The van der Waals surface area contributed by atoms with Gasteiger partial charge >= 0.3 is 6.09 Å². The highest BCUT2D eigenvalue weighted by atomic mass is 32.2. The Hall–Kier alpha value is -1.64. The molecule has 1 heterocycles. The van der Waals surface area contributed by atoms with Crippen LogP contribution in [0, 0.1) is 12.8 Å². The number of aliphatic hydroxyl groups excluding tert-OH is 1. The van der Waals surface area contributed by atoms with Crippen molar-refractivity contribution in [1.82, 2.24) is 4.90 Å². The van der Waals surface area contributed by atoms with E-state index in [0.29, 0.717) is 0 Å². The summed E-state index contributed by atoms with van der Waals surface area (Å²) in [5, 5.41) is 10.1. The molecule has 8 heteroatoms. The second-order valence-electron chi connectivity index (χ2n) is 7.26. The standard InChI is InChI=1S/C17H25NO6S/c1-12-5-7-14(8-6-12)25(21,22)23-11-13-9-18(10-15(13)19)16(20)24-17(2,3)4/h5-8,13,15,19H,9-11H2,1-4H3/t13-,15+/m0/s1. The number of ether oxygens (including phenoxy) is 1. The van der Waals surface area contributed by atoms with Crippen molar-refractivity contribution in [2.24, 2.45) is 5.92 Å². The van der Waals surface area contributed by atoms with E-state index >= 15 is 0 Å². The first kappa shape index (κ1) is 19.7. The third kappa shape index (κ3) is 5.42. The van der Waals surface area contributed by atoms with Gasteiger partial charge in [0.05, 0.1) is 24.2 Å². The molecule has 2 rings (SSSR count). The Morgan fingerprint density at radius 1 is 1.24 bits per heavy atom. The Labute approximate surface area is 148 Å². The average Bonchev–Trinajstić information content (AvgIpc) is 2.85. The molecule has 7 nitrogen and oxygen atoms in total. The van der Waals surface area contributed by atoms with E-state index in [4.69, 9.17) is 8.92 Å². The van der Waals surface area contributed by atoms with Crippen LogP contribution in [0.1, 0.15) is 26.3 Å². The number of carbonyl (C=O) groups excluding carboxylic acids is 1. The first-order chi connectivity index (χ1) is 11.5. The molecule has 0 spiro atoms. The lowest BCUT2D eigenvalue weighted by atomic mass is 10.1. The van der Waals surface area contributed by atoms with Gasteiger partial charge in [0.1, 0.15) is 5.60 Å². The summed E-state index contributed by atoms with van der Waals surface area (Å²) in [5.41, 5.74) is 0.309. The van der Waals surface area contributed by atoms with Crippen LogP contribution in [0.25, 0.3) is 0 Å². The monoisotopic (exact) mass is 371 g/mol. The number of β-amino-alcohol motifs (C(OH)–C–C–N with tert-alkyl or cyclic N) is 1. The quantitative estimate of drug-likeness (QED) is 0.813. The van der Waals surface area contributed by atoms with E-state index in [-0.39, 0.29) is 24.6 Å². The number of likely N-dealkylation sites (tertiary alicyclic amines) is 1. The minimum atomic E-state index is -3.90. The molecule has 0 saturated carbocycles. The van der Waals surface area contributed by atoms with Gasteiger partial charge in [-0.15, -0.1) is 0 Å². The fourth-order valence-corrected chi connectivity index (χ4v) is 3.40. The predicted molar refractivity (Wildman–Crippen MR) is 91.6 cm³/mol. The topological polar surface area (TPSA) is 93.1 Å². The Morgan fingerprint density at radius 2 is 1.84 bits per heavy atom. The third-order valence-electron chi connectivity index (χ3n) is 3.81. The maximum absolute atomic E-state index is 12.2. The number of hydrogen-bond donors (Lipinski definition) is 1. The second kappa shape index (κ2) is 7.31. The van der Waals surface area contributed by atoms with Gasteiger partial charge in [0.25, 0.3) is 10.1 Å². The number of nitrogens with zero attached hydrogens (tertiary/aromatic N) is 1. The average molecular weight is 371 g/mol. The lowest BCUT2D eigenvalue weighted by Crippen LogP contribution is -2.36. The van der Waals surface area contributed by atoms with Crippen molar-refractivity contribution in [3.05, 3.63) is 29.8 Å². The van der Waals surface area contributed by atoms with E-state index in [9.17, 15) is 18.3 Å². The van der Waals surface area contributed by atoms with Crippen LogP contribution < -0.4 is 0 Å². The van der Waals surface area contributed by atoms with Crippen molar-refractivity contribution in [3.63, 3.8) is 0 Å². The SMILES string of the molecule is Cc1ccc(S(=O)(=O)OC[C@@H]2CN(C(=O)OC(C)(C)C)C[C@H]2O)cc1. The zero-order chi connectivity index (χ0) is 18.8. The molecule has 1 N–H and O–H groups in total. The number of amides is 1. The number of hydrogen-bond acceptors (Lipinski definition) is 6. The smallest absolute Gasteiger partial charge is 0.410 e. The molecule has 0 aliphatic carbocycles. The fourth-order valence-electron chi connectivity index (χ4n) is 2.44. The molecule has 1 aromatic rings.